The van der Waals surface area contributed by atoms with Gasteiger partial charge in [-0.25, -0.2) is 0 Å². The van der Waals surface area contributed by atoms with E-state index in [1.165, 1.54) is 0 Å². The lowest BCUT2D eigenvalue weighted by Crippen LogP contribution is -2.53. The third-order valence-corrected chi connectivity index (χ3v) is 4.77. The Bertz CT molecular complexity index is 647. The Morgan fingerprint density at radius 1 is 0.957 bits per heavy atom. The smallest absolute Gasteiger partial charge is 0.319 e. The summed E-state index contributed by atoms with van der Waals surface area (Å²) in [6.07, 6.45) is 0.816. The van der Waals surface area contributed by atoms with Crippen LogP contribution in [0.1, 0.15) is 23.2 Å². The summed E-state index contributed by atoms with van der Waals surface area (Å²) in [5.74, 6) is -1.46. The second-order valence-corrected chi connectivity index (χ2v) is 6.41. The summed E-state index contributed by atoms with van der Waals surface area (Å²) in [5, 5.41) is 9.76. The van der Waals surface area contributed by atoms with Crippen molar-refractivity contribution in [2.45, 2.75) is 12.8 Å². The van der Waals surface area contributed by atoms with Crippen molar-refractivity contribution in [2.24, 2.45) is 5.41 Å². The van der Waals surface area contributed by atoms with Crippen molar-refractivity contribution < 1.29 is 19.5 Å². The third-order valence-electron chi connectivity index (χ3n) is 4.51. The van der Waals surface area contributed by atoms with Gasteiger partial charge in [0.2, 0.25) is 5.91 Å². The molecular formula is C16H17ClN2O4. The summed E-state index contributed by atoms with van der Waals surface area (Å²) in [6, 6.07) is 6.67. The van der Waals surface area contributed by atoms with Crippen LogP contribution in [0.25, 0.3) is 0 Å². The number of carboxylic acids is 1. The molecule has 1 aromatic carbocycles. The van der Waals surface area contributed by atoms with Crippen LogP contribution in [-0.4, -0.2) is 58.9 Å². The Balaban J connectivity index is 1.60. The maximum atomic E-state index is 12.4. The highest BCUT2D eigenvalue weighted by atomic mass is 35.5. The fourth-order valence-corrected chi connectivity index (χ4v) is 2.96. The van der Waals surface area contributed by atoms with Crippen LogP contribution in [0.4, 0.5) is 0 Å². The van der Waals surface area contributed by atoms with Gasteiger partial charge >= 0.3 is 5.97 Å². The van der Waals surface area contributed by atoms with Crippen molar-refractivity contribution in [3.63, 3.8) is 0 Å². The summed E-state index contributed by atoms with van der Waals surface area (Å²) in [6.45, 7) is 1.55. The summed E-state index contributed by atoms with van der Waals surface area (Å²) >= 11 is 5.81. The molecule has 1 heterocycles. The molecule has 0 bridgehead atoms. The van der Waals surface area contributed by atoms with Gasteiger partial charge in [0.15, 0.2) is 0 Å². The molecule has 7 heteroatoms. The molecular weight excluding hydrogens is 320 g/mol. The molecule has 6 nitrogen and oxygen atoms in total. The van der Waals surface area contributed by atoms with Crippen molar-refractivity contribution in [3.05, 3.63) is 34.9 Å². The van der Waals surface area contributed by atoms with Gasteiger partial charge in [-0.05, 0) is 37.1 Å². The number of nitrogens with zero attached hydrogens (tertiary/aromatic N) is 2. The number of piperazine rings is 1. The van der Waals surface area contributed by atoms with Crippen LogP contribution in [0.2, 0.25) is 5.02 Å². The van der Waals surface area contributed by atoms with Crippen LogP contribution in [0.3, 0.4) is 0 Å². The molecule has 23 heavy (non-hydrogen) atoms. The van der Waals surface area contributed by atoms with E-state index in [2.05, 4.69) is 0 Å². The summed E-state index contributed by atoms with van der Waals surface area (Å²) < 4.78 is 0. The zero-order valence-corrected chi connectivity index (χ0v) is 13.3. The first-order valence-corrected chi connectivity index (χ1v) is 7.89. The van der Waals surface area contributed by atoms with Crippen molar-refractivity contribution in [1.82, 2.24) is 9.80 Å². The van der Waals surface area contributed by atoms with Gasteiger partial charge in [-0.3, -0.25) is 14.4 Å². The number of carbonyl (C=O) groups is 3. The summed E-state index contributed by atoms with van der Waals surface area (Å²) in [7, 11) is 0. The van der Waals surface area contributed by atoms with E-state index in [0.717, 1.165) is 0 Å². The number of halogens is 1. The molecule has 1 N–H and O–H groups in total. The lowest BCUT2D eigenvalue weighted by atomic mass is 10.1. The lowest BCUT2D eigenvalue weighted by Gasteiger charge is -2.36. The van der Waals surface area contributed by atoms with E-state index in [9.17, 15) is 19.5 Å². The third kappa shape index (κ3) is 2.91. The van der Waals surface area contributed by atoms with Crippen molar-refractivity contribution in [3.8, 4) is 0 Å². The van der Waals surface area contributed by atoms with Gasteiger partial charge in [-0.2, -0.15) is 0 Å². The van der Waals surface area contributed by atoms with Gasteiger partial charge in [0, 0.05) is 36.8 Å². The fourth-order valence-electron chi connectivity index (χ4n) is 2.83. The van der Waals surface area contributed by atoms with Gasteiger partial charge in [0.25, 0.3) is 5.91 Å². The second-order valence-electron chi connectivity index (χ2n) is 5.98. The van der Waals surface area contributed by atoms with Gasteiger partial charge in [0.05, 0.1) is 0 Å². The van der Waals surface area contributed by atoms with Crippen LogP contribution >= 0.6 is 11.6 Å². The average Bonchev–Trinajstić information content (AvgIpc) is 3.36. The molecule has 2 aliphatic rings. The minimum Gasteiger partial charge on any atom is -0.480 e. The highest BCUT2D eigenvalue weighted by Crippen LogP contribution is 2.47. The van der Waals surface area contributed by atoms with Crippen LogP contribution in [-0.2, 0) is 9.59 Å². The van der Waals surface area contributed by atoms with Crippen molar-refractivity contribution >= 4 is 29.4 Å². The molecule has 0 aromatic heterocycles. The van der Waals surface area contributed by atoms with E-state index >= 15 is 0 Å². The zero-order chi connectivity index (χ0) is 16.6. The molecule has 3 rings (SSSR count). The Morgan fingerprint density at radius 2 is 1.48 bits per heavy atom. The van der Waals surface area contributed by atoms with E-state index in [0.29, 0.717) is 49.6 Å². The number of hydrogen-bond acceptors (Lipinski definition) is 3. The van der Waals surface area contributed by atoms with Gasteiger partial charge in [-0.15, -0.1) is 0 Å². The van der Waals surface area contributed by atoms with E-state index in [-0.39, 0.29) is 11.8 Å². The standard InChI is InChI=1S/C16H17ClN2O4/c17-12-3-1-11(2-4-12)13(20)18-7-9-19(10-8-18)14(21)16(5-6-16)15(22)23/h1-4H,5-10H2,(H,22,23). The Labute approximate surface area is 138 Å². The molecule has 0 radical (unpaired) electrons. The largest absolute Gasteiger partial charge is 0.480 e. The predicted molar refractivity (Wildman–Crippen MR) is 83.2 cm³/mol. The topological polar surface area (TPSA) is 77.9 Å². The molecule has 0 atom stereocenters. The molecule has 2 fully saturated rings. The van der Waals surface area contributed by atoms with E-state index in [1.54, 1.807) is 34.1 Å². The number of aliphatic carboxylic acids is 1. The number of carbonyl (C=O) groups excluding carboxylic acids is 2. The molecule has 0 spiro atoms. The van der Waals surface area contributed by atoms with Crippen LogP contribution in [0.15, 0.2) is 24.3 Å². The monoisotopic (exact) mass is 336 g/mol. The predicted octanol–water partition coefficient (Wildman–Crippen LogP) is 1.49. The summed E-state index contributed by atoms with van der Waals surface area (Å²) in [5.41, 5.74) is -0.652. The second kappa shape index (κ2) is 5.85. The first kappa shape index (κ1) is 15.8. The van der Waals surface area contributed by atoms with Crippen LogP contribution in [0.5, 0.6) is 0 Å². The highest BCUT2D eigenvalue weighted by molar-refractivity contribution is 6.30. The molecule has 1 saturated carbocycles. The lowest BCUT2D eigenvalue weighted by molar-refractivity contribution is -0.154. The Kier molecular flexibility index (Phi) is 4.02. The number of carboxylic acid groups (broad SMARTS) is 1. The normalized spacial score (nSPS) is 19.3. The van der Waals surface area contributed by atoms with Crippen molar-refractivity contribution in [2.75, 3.05) is 26.2 Å². The maximum absolute atomic E-state index is 12.4. The molecule has 0 unspecified atom stereocenters. The molecule has 122 valence electrons. The highest BCUT2D eigenvalue weighted by Gasteiger charge is 2.58. The SMILES string of the molecule is O=C(c1ccc(Cl)cc1)N1CCN(C(=O)C2(C(=O)O)CC2)CC1. The summed E-state index contributed by atoms with van der Waals surface area (Å²) in [4.78, 5) is 39.2. The molecule has 1 aliphatic heterocycles. The minimum absolute atomic E-state index is 0.104. The van der Waals surface area contributed by atoms with Gasteiger partial charge < -0.3 is 14.9 Å². The fraction of sp³-hybridized carbons (Fsp3) is 0.438. The van der Waals surface area contributed by atoms with Crippen molar-refractivity contribution in [1.29, 1.82) is 0 Å². The van der Waals surface area contributed by atoms with E-state index in [1.807, 2.05) is 0 Å². The molecule has 1 saturated heterocycles. The average molecular weight is 337 g/mol. The van der Waals surface area contributed by atoms with Gasteiger partial charge in [-0.1, -0.05) is 11.6 Å². The maximum Gasteiger partial charge on any atom is 0.319 e. The first-order valence-electron chi connectivity index (χ1n) is 7.52. The minimum atomic E-state index is -1.21. The zero-order valence-electron chi connectivity index (χ0n) is 12.5. The number of benzene rings is 1. The van der Waals surface area contributed by atoms with E-state index < -0.39 is 11.4 Å². The molecule has 1 aromatic rings. The van der Waals surface area contributed by atoms with Gasteiger partial charge in [0.1, 0.15) is 5.41 Å². The quantitative estimate of drug-likeness (QED) is 0.848. The van der Waals surface area contributed by atoms with Crippen LogP contribution < -0.4 is 0 Å². The first-order chi connectivity index (χ1) is 10.9. The molecule has 1 aliphatic carbocycles. The van der Waals surface area contributed by atoms with Crippen LogP contribution in [0, 0.1) is 5.41 Å². The number of amides is 2. The Morgan fingerprint density at radius 3 is 1.96 bits per heavy atom. The Hall–Kier alpha value is -2.08. The van der Waals surface area contributed by atoms with E-state index in [4.69, 9.17) is 11.6 Å². The molecule has 2 amide bonds. The number of rotatable bonds is 3. The number of hydrogen-bond donors (Lipinski definition) is 1.